The number of hydrogen-bond donors (Lipinski definition) is 1. The zero-order valence-corrected chi connectivity index (χ0v) is 15.7. The fourth-order valence-corrected chi connectivity index (χ4v) is 4.33. The molecule has 0 aliphatic carbocycles. The minimum Gasteiger partial charge on any atom is -0.355 e. The Kier molecular flexibility index (Phi) is 4.56. The lowest BCUT2D eigenvalue weighted by Gasteiger charge is -2.22. The summed E-state index contributed by atoms with van der Waals surface area (Å²) < 4.78 is 0. The summed E-state index contributed by atoms with van der Waals surface area (Å²) in [5.74, 6) is -1.11. The van der Waals surface area contributed by atoms with E-state index in [-0.39, 0.29) is 47.0 Å². The number of benzene rings is 1. The molecule has 4 rings (SSSR count). The highest BCUT2D eigenvalue weighted by Crippen LogP contribution is 2.36. The van der Waals surface area contributed by atoms with Gasteiger partial charge in [0.1, 0.15) is 0 Å². The second kappa shape index (κ2) is 6.94. The Morgan fingerprint density at radius 3 is 2.66 bits per heavy atom. The summed E-state index contributed by atoms with van der Waals surface area (Å²) in [4.78, 5) is 61.9. The third-order valence-electron chi connectivity index (χ3n) is 5.92. The third kappa shape index (κ3) is 3.34. The van der Waals surface area contributed by atoms with Gasteiger partial charge in [-0.15, -0.1) is 0 Å². The van der Waals surface area contributed by atoms with Crippen LogP contribution < -0.4 is 5.32 Å². The average molecular weight is 400 g/mol. The molecule has 2 saturated heterocycles. The van der Waals surface area contributed by atoms with E-state index >= 15 is 0 Å². The molecule has 0 saturated carbocycles. The maximum absolute atomic E-state index is 12.5. The van der Waals surface area contributed by atoms with E-state index in [0.29, 0.717) is 32.5 Å². The zero-order chi connectivity index (χ0) is 20.8. The first-order valence-electron chi connectivity index (χ1n) is 9.49. The first kappa shape index (κ1) is 19.0. The van der Waals surface area contributed by atoms with Gasteiger partial charge in [-0.2, -0.15) is 0 Å². The van der Waals surface area contributed by atoms with Crippen LogP contribution in [0, 0.1) is 15.5 Å². The standard InChI is InChI=1S/C19H20N4O6/c24-15-9-19(10-20-15)5-7-21(11-19)16(25)2-1-6-22-17(26)13-4-3-12(23(28)29)8-14(13)18(22)27/h3-4,8H,1-2,5-7,9-11H2,(H,20,24). The molecule has 1 N–H and O–H groups in total. The predicted octanol–water partition coefficient (Wildman–Crippen LogP) is 0.710. The van der Waals surface area contributed by atoms with Crippen LogP contribution in [0.5, 0.6) is 0 Å². The highest BCUT2D eigenvalue weighted by molar-refractivity contribution is 6.21. The molecule has 3 heterocycles. The quantitative estimate of drug-likeness (QED) is 0.440. The smallest absolute Gasteiger partial charge is 0.270 e. The number of amides is 4. The van der Waals surface area contributed by atoms with Crippen molar-refractivity contribution in [2.24, 2.45) is 5.41 Å². The number of fused-ring (bicyclic) bond motifs is 1. The lowest BCUT2D eigenvalue weighted by atomic mass is 9.86. The number of likely N-dealkylation sites (tertiary alicyclic amines) is 1. The molecule has 1 spiro atoms. The number of nitrogens with one attached hydrogen (secondary N) is 1. The minimum absolute atomic E-state index is 0.0187. The zero-order valence-electron chi connectivity index (χ0n) is 15.7. The van der Waals surface area contributed by atoms with Gasteiger partial charge in [-0.05, 0) is 18.9 Å². The van der Waals surface area contributed by atoms with Gasteiger partial charge in [0.15, 0.2) is 0 Å². The van der Waals surface area contributed by atoms with Crippen LogP contribution in [0.15, 0.2) is 18.2 Å². The number of rotatable bonds is 5. The summed E-state index contributed by atoms with van der Waals surface area (Å²) >= 11 is 0. The Bertz CT molecular complexity index is 945. The van der Waals surface area contributed by atoms with E-state index < -0.39 is 16.7 Å². The number of hydrogen-bond acceptors (Lipinski definition) is 6. The molecule has 1 aromatic rings. The van der Waals surface area contributed by atoms with Crippen LogP contribution in [0.1, 0.15) is 46.4 Å². The number of nitro groups is 1. The topological polar surface area (TPSA) is 130 Å². The van der Waals surface area contributed by atoms with Gasteiger partial charge in [0, 0.05) is 56.6 Å². The summed E-state index contributed by atoms with van der Waals surface area (Å²) in [6.07, 6.45) is 1.73. The Morgan fingerprint density at radius 2 is 1.97 bits per heavy atom. The lowest BCUT2D eigenvalue weighted by molar-refractivity contribution is -0.384. The van der Waals surface area contributed by atoms with Gasteiger partial charge in [0.2, 0.25) is 11.8 Å². The first-order chi connectivity index (χ1) is 13.8. The van der Waals surface area contributed by atoms with Crippen LogP contribution in [0.3, 0.4) is 0 Å². The van der Waals surface area contributed by atoms with E-state index in [1.54, 1.807) is 4.90 Å². The Hall–Kier alpha value is -3.30. The normalized spacial score (nSPS) is 23.1. The number of nitro benzene ring substituents is 1. The van der Waals surface area contributed by atoms with E-state index in [0.717, 1.165) is 17.4 Å². The van der Waals surface area contributed by atoms with Crippen molar-refractivity contribution in [2.75, 3.05) is 26.2 Å². The maximum atomic E-state index is 12.5. The number of imide groups is 1. The molecular formula is C19H20N4O6. The molecule has 4 amide bonds. The molecule has 0 bridgehead atoms. The summed E-state index contributed by atoms with van der Waals surface area (Å²) in [5.41, 5.74) is -0.240. The van der Waals surface area contributed by atoms with Gasteiger partial charge in [0.05, 0.1) is 16.1 Å². The molecule has 0 radical (unpaired) electrons. The molecule has 3 aliphatic rings. The van der Waals surface area contributed by atoms with Gasteiger partial charge in [-0.25, -0.2) is 0 Å². The van der Waals surface area contributed by atoms with Crippen molar-refractivity contribution in [3.05, 3.63) is 39.4 Å². The van der Waals surface area contributed by atoms with Gasteiger partial charge >= 0.3 is 0 Å². The molecule has 1 atom stereocenters. The first-order valence-corrected chi connectivity index (χ1v) is 9.49. The molecule has 29 heavy (non-hydrogen) atoms. The Morgan fingerprint density at radius 1 is 1.21 bits per heavy atom. The summed E-state index contributed by atoms with van der Waals surface area (Å²) in [6, 6.07) is 3.60. The van der Waals surface area contributed by atoms with E-state index in [4.69, 9.17) is 0 Å². The second-order valence-electron chi connectivity index (χ2n) is 7.87. The molecule has 2 fully saturated rings. The number of non-ortho nitro benzene ring substituents is 1. The predicted molar refractivity (Wildman–Crippen MR) is 99.0 cm³/mol. The van der Waals surface area contributed by atoms with Crippen LogP contribution in [0.2, 0.25) is 0 Å². The van der Waals surface area contributed by atoms with E-state index in [1.807, 2.05) is 0 Å². The fourth-order valence-electron chi connectivity index (χ4n) is 4.33. The van der Waals surface area contributed by atoms with E-state index in [1.165, 1.54) is 12.1 Å². The summed E-state index contributed by atoms with van der Waals surface area (Å²) in [6.45, 7) is 1.81. The number of carbonyl (C=O) groups excluding carboxylic acids is 4. The number of nitrogens with zero attached hydrogens (tertiary/aromatic N) is 3. The highest BCUT2D eigenvalue weighted by atomic mass is 16.6. The van der Waals surface area contributed by atoms with Crippen molar-refractivity contribution in [3.8, 4) is 0 Å². The van der Waals surface area contributed by atoms with Gasteiger partial charge in [-0.1, -0.05) is 0 Å². The van der Waals surface area contributed by atoms with E-state index in [2.05, 4.69) is 5.32 Å². The average Bonchev–Trinajstić information content (AvgIpc) is 3.34. The van der Waals surface area contributed by atoms with E-state index in [9.17, 15) is 29.3 Å². The SMILES string of the molecule is O=C1CC2(CCN(C(=O)CCCN3C(=O)c4ccc([N+](=O)[O-])cc4C3=O)C2)CN1. The Balaban J connectivity index is 1.32. The highest BCUT2D eigenvalue weighted by Gasteiger charge is 2.45. The molecule has 1 aromatic carbocycles. The van der Waals surface area contributed by atoms with Crippen LogP contribution in [0.25, 0.3) is 0 Å². The molecule has 10 heteroatoms. The van der Waals surface area contributed by atoms with Crippen molar-refractivity contribution in [1.29, 1.82) is 0 Å². The largest absolute Gasteiger partial charge is 0.355 e. The van der Waals surface area contributed by atoms with Gasteiger partial charge in [-0.3, -0.25) is 34.2 Å². The fraction of sp³-hybridized carbons (Fsp3) is 0.474. The van der Waals surface area contributed by atoms with Crippen LogP contribution in [-0.2, 0) is 9.59 Å². The molecule has 0 aromatic heterocycles. The molecular weight excluding hydrogens is 380 g/mol. The van der Waals surface area contributed by atoms with Crippen molar-refractivity contribution in [2.45, 2.75) is 25.7 Å². The van der Waals surface area contributed by atoms with Crippen molar-refractivity contribution < 1.29 is 24.1 Å². The second-order valence-corrected chi connectivity index (χ2v) is 7.87. The van der Waals surface area contributed by atoms with Gasteiger partial charge < -0.3 is 10.2 Å². The summed E-state index contributed by atoms with van der Waals surface area (Å²) in [7, 11) is 0. The van der Waals surface area contributed by atoms with Crippen molar-refractivity contribution in [1.82, 2.24) is 15.1 Å². The molecule has 152 valence electrons. The molecule has 3 aliphatic heterocycles. The lowest BCUT2D eigenvalue weighted by Crippen LogP contribution is -2.34. The van der Waals surface area contributed by atoms with Crippen LogP contribution in [-0.4, -0.2) is 64.5 Å². The maximum Gasteiger partial charge on any atom is 0.270 e. The van der Waals surface area contributed by atoms with Crippen LogP contribution >= 0.6 is 0 Å². The van der Waals surface area contributed by atoms with Crippen molar-refractivity contribution in [3.63, 3.8) is 0 Å². The van der Waals surface area contributed by atoms with Gasteiger partial charge in [0.25, 0.3) is 17.5 Å². The molecule has 1 unspecified atom stereocenters. The Labute approximate surface area is 166 Å². The van der Waals surface area contributed by atoms with Crippen LogP contribution in [0.4, 0.5) is 5.69 Å². The minimum atomic E-state index is -0.615. The molecule has 10 nitrogen and oxygen atoms in total. The third-order valence-corrected chi connectivity index (χ3v) is 5.92. The number of carbonyl (C=O) groups is 4. The summed E-state index contributed by atoms with van der Waals surface area (Å²) in [5, 5.41) is 13.7. The van der Waals surface area contributed by atoms with Crippen molar-refractivity contribution >= 4 is 29.3 Å². The monoisotopic (exact) mass is 400 g/mol.